The molecule has 1 aliphatic rings. The van der Waals surface area contributed by atoms with Crippen LogP contribution >= 0.6 is 15.9 Å². The lowest BCUT2D eigenvalue weighted by molar-refractivity contribution is -0.117. The van der Waals surface area contributed by atoms with Crippen molar-refractivity contribution in [1.29, 1.82) is 0 Å². The molecule has 2 amide bonds. The van der Waals surface area contributed by atoms with Gasteiger partial charge >= 0.3 is 0 Å². The van der Waals surface area contributed by atoms with Crippen LogP contribution in [0.2, 0.25) is 0 Å². The van der Waals surface area contributed by atoms with E-state index in [9.17, 15) is 9.59 Å². The molecule has 0 radical (unpaired) electrons. The fourth-order valence-corrected chi connectivity index (χ4v) is 3.87. The monoisotopic (exact) mass is 435 g/mol. The van der Waals surface area contributed by atoms with Crippen LogP contribution in [-0.2, 0) is 9.59 Å². The fourth-order valence-electron chi connectivity index (χ4n) is 3.41. The number of hydrogen-bond acceptors (Lipinski definition) is 2. The van der Waals surface area contributed by atoms with E-state index in [4.69, 9.17) is 0 Å². The Bertz CT molecular complexity index is 1120. The van der Waals surface area contributed by atoms with Crippen LogP contribution in [0.1, 0.15) is 17.0 Å². The van der Waals surface area contributed by atoms with E-state index in [2.05, 4.69) is 25.9 Å². The predicted octanol–water partition coefficient (Wildman–Crippen LogP) is 4.32. The molecular weight excluding hydrogens is 418 g/mol. The minimum absolute atomic E-state index is 0.122. The second kappa shape index (κ2) is 7.13. The van der Waals surface area contributed by atoms with Crippen LogP contribution in [0.5, 0.6) is 0 Å². The average molecular weight is 436 g/mol. The zero-order chi connectivity index (χ0) is 19.8. The van der Waals surface area contributed by atoms with Gasteiger partial charge in [0, 0.05) is 15.9 Å². The summed E-state index contributed by atoms with van der Waals surface area (Å²) in [7, 11) is 0. The van der Waals surface area contributed by atoms with E-state index in [1.54, 1.807) is 18.2 Å². The molecule has 0 spiro atoms. The largest absolute Gasteiger partial charge is 0.317 e. The van der Waals surface area contributed by atoms with Crippen molar-refractivity contribution in [1.82, 2.24) is 9.99 Å². The Labute approximate surface area is 171 Å². The van der Waals surface area contributed by atoms with Crippen LogP contribution in [0.15, 0.2) is 70.7 Å². The first-order valence-corrected chi connectivity index (χ1v) is 9.62. The number of nitrogens with zero attached hydrogens (tertiary/aromatic N) is 2. The van der Waals surface area contributed by atoms with Gasteiger partial charge in [-0.3, -0.25) is 15.0 Å². The average Bonchev–Trinajstić information content (AvgIpc) is 3.13. The Kier molecular flexibility index (Phi) is 4.65. The molecule has 0 saturated carbocycles. The number of benzene rings is 2. The Morgan fingerprint density at radius 3 is 2.36 bits per heavy atom. The number of carbonyl (C=O) groups is 2. The minimum atomic E-state index is -0.403. The quantitative estimate of drug-likeness (QED) is 0.491. The van der Waals surface area contributed by atoms with Gasteiger partial charge in [0.2, 0.25) is 0 Å². The van der Waals surface area contributed by atoms with Crippen molar-refractivity contribution in [3.05, 3.63) is 87.7 Å². The first kappa shape index (κ1) is 18.3. The molecule has 2 aromatic carbocycles. The van der Waals surface area contributed by atoms with E-state index < -0.39 is 5.91 Å². The van der Waals surface area contributed by atoms with Crippen molar-refractivity contribution in [2.24, 2.45) is 0 Å². The van der Waals surface area contributed by atoms with Crippen molar-refractivity contribution in [2.45, 2.75) is 13.8 Å². The van der Waals surface area contributed by atoms with Crippen molar-refractivity contribution in [3.63, 3.8) is 0 Å². The summed E-state index contributed by atoms with van der Waals surface area (Å²) in [6.45, 7) is 3.98. The molecule has 6 heteroatoms. The van der Waals surface area contributed by atoms with Crippen molar-refractivity contribution in [2.75, 3.05) is 5.01 Å². The summed E-state index contributed by atoms with van der Waals surface area (Å²) < 4.78 is 3.07. The van der Waals surface area contributed by atoms with Crippen LogP contribution < -0.4 is 10.4 Å². The van der Waals surface area contributed by atoms with Crippen molar-refractivity contribution >= 4 is 39.5 Å². The Balaban J connectivity index is 1.74. The third-order valence-corrected chi connectivity index (χ3v) is 5.44. The number of nitrogens with one attached hydrogen (secondary N) is 1. The number of halogens is 1. The lowest BCUT2D eigenvalue weighted by atomic mass is 10.1. The molecule has 0 bridgehead atoms. The Morgan fingerprint density at radius 2 is 1.64 bits per heavy atom. The van der Waals surface area contributed by atoms with E-state index in [-0.39, 0.29) is 11.5 Å². The molecule has 3 aromatic rings. The number of amides is 2. The third-order valence-electron chi connectivity index (χ3n) is 4.77. The summed E-state index contributed by atoms with van der Waals surface area (Å²) in [5.41, 5.74) is 7.20. The highest BCUT2D eigenvalue weighted by molar-refractivity contribution is 9.10. The number of hydrazine groups is 1. The second-order valence-corrected chi connectivity index (χ2v) is 7.44. The number of para-hydroxylation sites is 2. The van der Waals surface area contributed by atoms with Crippen molar-refractivity contribution < 1.29 is 9.59 Å². The van der Waals surface area contributed by atoms with E-state index in [1.165, 1.54) is 5.01 Å². The molecule has 2 heterocycles. The molecule has 4 rings (SSSR count). The van der Waals surface area contributed by atoms with Gasteiger partial charge in [-0.05, 0) is 71.7 Å². The molecule has 1 fully saturated rings. The highest BCUT2D eigenvalue weighted by atomic mass is 79.9. The number of hydrogen-bond donors (Lipinski definition) is 1. The first-order chi connectivity index (χ1) is 13.5. The van der Waals surface area contributed by atoms with Gasteiger partial charge in [0.05, 0.1) is 11.4 Å². The first-order valence-electron chi connectivity index (χ1n) is 8.83. The number of rotatable bonds is 3. The molecule has 1 N–H and O–H groups in total. The van der Waals surface area contributed by atoms with Gasteiger partial charge in [-0.2, -0.15) is 0 Å². The van der Waals surface area contributed by atoms with Gasteiger partial charge in [0.25, 0.3) is 11.8 Å². The molecule has 0 unspecified atom stereocenters. The fraction of sp³-hybridized carbons (Fsp3) is 0.0909. The van der Waals surface area contributed by atoms with Gasteiger partial charge in [0.15, 0.2) is 0 Å². The normalized spacial score (nSPS) is 15.4. The van der Waals surface area contributed by atoms with E-state index in [0.29, 0.717) is 5.69 Å². The Morgan fingerprint density at radius 1 is 0.964 bits per heavy atom. The molecule has 1 saturated heterocycles. The number of anilines is 1. The molecule has 0 aliphatic carbocycles. The molecule has 5 nitrogen and oxygen atoms in total. The van der Waals surface area contributed by atoms with Crippen molar-refractivity contribution in [3.8, 4) is 5.69 Å². The van der Waals surface area contributed by atoms with Gasteiger partial charge in [-0.25, -0.2) is 5.01 Å². The van der Waals surface area contributed by atoms with E-state index in [1.807, 2.05) is 62.4 Å². The molecule has 28 heavy (non-hydrogen) atoms. The molecule has 1 aliphatic heterocycles. The summed E-state index contributed by atoms with van der Waals surface area (Å²) in [5.74, 6) is -0.763. The molecular formula is C22H18BrN3O2. The maximum absolute atomic E-state index is 12.8. The van der Waals surface area contributed by atoms with Gasteiger partial charge < -0.3 is 4.57 Å². The van der Waals surface area contributed by atoms with E-state index in [0.717, 1.165) is 27.1 Å². The SMILES string of the molecule is Cc1cc(/C=C2/C(=O)NN(c3ccccc3)C2=O)c(C)n1-c1ccccc1Br. The summed E-state index contributed by atoms with van der Waals surface area (Å²) in [4.78, 5) is 25.3. The highest BCUT2D eigenvalue weighted by Crippen LogP contribution is 2.29. The molecule has 140 valence electrons. The smallest absolute Gasteiger partial charge is 0.282 e. The summed E-state index contributed by atoms with van der Waals surface area (Å²) in [6, 6.07) is 19.0. The summed E-state index contributed by atoms with van der Waals surface area (Å²) in [5, 5.41) is 1.28. The minimum Gasteiger partial charge on any atom is -0.317 e. The number of aromatic nitrogens is 1. The number of carbonyl (C=O) groups excluding carboxylic acids is 2. The van der Waals surface area contributed by atoms with E-state index >= 15 is 0 Å². The maximum atomic E-state index is 12.8. The number of aryl methyl sites for hydroxylation is 1. The second-order valence-electron chi connectivity index (χ2n) is 6.59. The van der Waals surface area contributed by atoms with Gasteiger partial charge in [0.1, 0.15) is 5.57 Å². The van der Waals surface area contributed by atoms with Crippen LogP contribution in [0.25, 0.3) is 11.8 Å². The maximum Gasteiger partial charge on any atom is 0.282 e. The zero-order valence-corrected chi connectivity index (χ0v) is 17.0. The topological polar surface area (TPSA) is 54.3 Å². The highest BCUT2D eigenvalue weighted by Gasteiger charge is 2.34. The standard InChI is InChI=1S/C22H18BrN3O2/c1-14-12-16(15(2)25(14)20-11-7-6-10-19(20)23)13-18-21(27)24-26(22(18)28)17-8-4-3-5-9-17/h3-13H,1-2H3,(H,24,27)/b18-13-. The van der Waals surface area contributed by atoms with Gasteiger partial charge in [-0.1, -0.05) is 30.3 Å². The van der Waals surface area contributed by atoms with Crippen LogP contribution in [0, 0.1) is 13.8 Å². The lowest BCUT2D eigenvalue weighted by Crippen LogP contribution is -2.35. The van der Waals surface area contributed by atoms with Crippen LogP contribution in [0.4, 0.5) is 5.69 Å². The van der Waals surface area contributed by atoms with Gasteiger partial charge in [-0.15, -0.1) is 0 Å². The third kappa shape index (κ3) is 3.05. The Hall–Kier alpha value is -3.12. The summed E-state index contributed by atoms with van der Waals surface area (Å²) >= 11 is 3.59. The summed E-state index contributed by atoms with van der Waals surface area (Å²) in [6.07, 6.45) is 1.66. The lowest BCUT2D eigenvalue weighted by Gasteiger charge is -2.13. The zero-order valence-electron chi connectivity index (χ0n) is 15.4. The molecule has 0 atom stereocenters. The molecule has 1 aromatic heterocycles. The van der Waals surface area contributed by atoms with Crippen LogP contribution in [0.3, 0.4) is 0 Å². The predicted molar refractivity (Wildman–Crippen MR) is 113 cm³/mol. The van der Waals surface area contributed by atoms with Crippen LogP contribution in [-0.4, -0.2) is 16.4 Å².